The lowest BCUT2D eigenvalue weighted by atomic mass is 10.1. The molecule has 0 unspecified atom stereocenters. The average molecular weight is 314 g/mol. The van der Waals surface area contributed by atoms with Crippen molar-refractivity contribution >= 4 is 43.9 Å². The van der Waals surface area contributed by atoms with Crippen molar-refractivity contribution in [3.8, 4) is 0 Å². The number of hydrogen-bond donors (Lipinski definition) is 2. The summed E-state index contributed by atoms with van der Waals surface area (Å²) in [5.41, 5.74) is 7.42. The van der Waals surface area contributed by atoms with Crippen LogP contribution in [0.1, 0.15) is 0 Å². The Bertz CT molecular complexity index is 740. The quantitative estimate of drug-likeness (QED) is 0.740. The van der Waals surface area contributed by atoms with Crippen molar-refractivity contribution in [2.45, 2.75) is 0 Å². The van der Waals surface area contributed by atoms with E-state index in [9.17, 15) is 0 Å². The van der Waals surface area contributed by atoms with Crippen LogP contribution in [0, 0.1) is 0 Å². The fourth-order valence-corrected chi connectivity index (χ4v) is 2.34. The van der Waals surface area contributed by atoms with E-state index in [1.54, 1.807) is 12.3 Å². The molecule has 1 heterocycles. The highest BCUT2D eigenvalue weighted by molar-refractivity contribution is 9.10. The predicted octanol–water partition coefficient (Wildman–Crippen LogP) is 4.32. The molecule has 0 amide bonds. The van der Waals surface area contributed by atoms with E-state index in [0.29, 0.717) is 5.69 Å². The molecule has 0 bridgehead atoms. The van der Waals surface area contributed by atoms with Gasteiger partial charge in [0.25, 0.3) is 0 Å². The topological polar surface area (TPSA) is 50.9 Å². The first kappa shape index (κ1) is 12.0. The van der Waals surface area contributed by atoms with Gasteiger partial charge in [0.1, 0.15) is 5.82 Å². The molecule has 0 atom stereocenters. The van der Waals surface area contributed by atoms with E-state index in [2.05, 4.69) is 50.5 Å². The van der Waals surface area contributed by atoms with Gasteiger partial charge in [0.2, 0.25) is 0 Å². The van der Waals surface area contributed by atoms with E-state index in [1.807, 2.05) is 18.2 Å². The molecule has 0 aliphatic rings. The summed E-state index contributed by atoms with van der Waals surface area (Å²) in [6, 6.07) is 16.0. The number of fused-ring (bicyclic) bond motifs is 1. The molecular weight excluding hydrogens is 302 g/mol. The molecule has 3 aromatic rings. The van der Waals surface area contributed by atoms with Gasteiger partial charge in [-0.2, -0.15) is 0 Å². The van der Waals surface area contributed by atoms with Gasteiger partial charge in [-0.05, 0) is 41.1 Å². The first-order chi connectivity index (χ1) is 9.20. The van der Waals surface area contributed by atoms with Gasteiger partial charge in [0, 0.05) is 28.1 Å². The smallest absolute Gasteiger partial charge is 0.132 e. The number of nitrogens with one attached hydrogen (secondary N) is 1. The summed E-state index contributed by atoms with van der Waals surface area (Å²) in [6.45, 7) is 0. The van der Waals surface area contributed by atoms with Gasteiger partial charge in [0.15, 0.2) is 0 Å². The number of nitrogen functional groups attached to an aromatic ring is 1. The molecule has 0 aliphatic carbocycles. The molecule has 2 aromatic carbocycles. The Morgan fingerprint density at radius 2 is 1.74 bits per heavy atom. The van der Waals surface area contributed by atoms with Crippen LogP contribution in [0.2, 0.25) is 0 Å². The monoisotopic (exact) mass is 313 g/mol. The summed E-state index contributed by atoms with van der Waals surface area (Å²) in [5.74, 6) is 0.747. The van der Waals surface area contributed by atoms with Crippen LogP contribution < -0.4 is 11.1 Å². The van der Waals surface area contributed by atoms with Crippen molar-refractivity contribution in [3.05, 3.63) is 59.2 Å². The molecule has 0 saturated carbocycles. The molecular formula is C15H12BrN3. The minimum absolute atomic E-state index is 0.696. The van der Waals surface area contributed by atoms with Crippen LogP contribution in [0.25, 0.3) is 10.8 Å². The second-order valence-corrected chi connectivity index (χ2v) is 5.22. The summed E-state index contributed by atoms with van der Waals surface area (Å²) in [7, 11) is 0. The van der Waals surface area contributed by atoms with Crippen LogP contribution in [0.15, 0.2) is 59.2 Å². The third-order valence-electron chi connectivity index (χ3n) is 2.86. The minimum Gasteiger partial charge on any atom is -0.399 e. The van der Waals surface area contributed by atoms with Crippen LogP contribution >= 0.6 is 15.9 Å². The Kier molecular flexibility index (Phi) is 3.09. The molecule has 0 radical (unpaired) electrons. The number of nitrogens with two attached hydrogens (primary N) is 1. The van der Waals surface area contributed by atoms with Crippen LogP contribution in [0.3, 0.4) is 0 Å². The third kappa shape index (κ3) is 2.69. The summed E-state index contributed by atoms with van der Waals surface area (Å²) >= 11 is 3.47. The molecule has 94 valence electrons. The number of halogens is 1. The molecule has 0 fully saturated rings. The maximum absolute atomic E-state index is 5.73. The fraction of sp³-hybridized carbons (Fsp3) is 0. The number of hydrogen-bond acceptors (Lipinski definition) is 3. The average Bonchev–Trinajstić information content (AvgIpc) is 2.39. The van der Waals surface area contributed by atoms with Crippen LogP contribution in [0.4, 0.5) is 17.2 Å². The van der Waals surface area contributed by atoms with Crippen LogP contribution in [-0.2, 0) is 0 Å². The molecule has 19 heavy (non-hydrogen) atoms. The van der Waals surface area contributed by atoms with Crippen LogP contribution in [0.5, 0.6) is 0 Å². The molecule has 1 aromatic heterocycles. The Balaban J connectivity index is 1.95. The van der Waals surface area contributed by atoms with Crippen molar-refractivity contribution in [2.24, 2.45) is 0 Å². The van der Waals surface area contributed by atoms with Gasteiger partial charge in [-0.1, -0.05) is 28.1 Å². The lowest BCUT2D eigenvalue weighted by Crippen LogP contribution is -1.94. The molecule has 3 rings (SSSR count). The van der Waals surface area contributed by atoms with E-state index in [4.69, 9.17) is 5.73 Å². The standard InChI is InChI=1S/C15H12BrN3/c16-12-3-1-11-8-14(4-2-10(11)7-12)19-15-9-13(17)5-6-18-15/h1-9H,(H3,17,18,19). The number of nitrogens with zero attached hydrogens (tertiary/aromatic N) is 1. The van der Waals surface area contributed by atoms with Crippen molar-refractivity contribution in [1.82, 2.24) is 4.98 Å². The van der Waals surface area contributed by atoms with E-state index in [-0.39, 0.29) is 0 Å². The number of anilines is 3. The zero-order valence-corrected chi connectivity index (χ0v) is 11.7. The Hall–Kier alpha value is -2.07. The van der Waals surface area contributed by atoms with Crippen molar-refractivity contribution in [1.29, 1.82) is 0 Å². The first-order valence-corrected chi connectivity index (χ1v) is 6.68. The molecule has 0 spiro atoms. The summed E-state index contributed by atoms with van der Waals surface area (Å²) in [4.78, 5) is 4.23. The zero-order valence-electron chi connectivity index (χ0n) is 10.1. The SMILES string of the molecule is Nc1ccnc(Nc2ccc3cc(Br)ccc3c2)c1. The van der Waals surface area contributed by atoms with Crippen LogP contribution in [-0.4, -0.2) is 4.98 Å². The molecule has 3 N–H and O–H groups in total. The highest BCUT2D eigenvalue weighted by atomic mass is 79.9. The van der Waals surface area contributed by atoms with Gasteiger partial charge in [-0.3, -0.25) is 0 Å². The van der Waals surface area contributed by atoms with E-state index in [0.717, 1.165) is 16.0 Å². The maximum Gasteiger partial charge on any atom is 0.132 e. The van der Waals surface area contributed by atoms with E-state index in [1.165, 1.54) is 10.8 Å². The predicted molar refractivity (Wildman–Crippen MR) is 83.6 cm³/mol. The Labute approximate surface area is 119 Å². The highest BCUT2D eigenvalue weighted by Crippen LogP contribution is 2.24. The molecule has 4 heteroatoms. The Morgan fingerprint density at radius 1 is 0.947 bits per heavy atom. The minimum atomic E-state index is 0.696. The van der Waals surface area contributed by atoms with E-state index < -0.39 is 0 Å². The number of pyridine rings is 1. The summed E-state index contributed by atoms with van der Waals surface area (Å²) in [5, 5.41) is 5.62. The number of aromatic nitrogens is 1. The van der Waals surface area contributed by atoms with Crippen molar-refractivity contribution < 1.29 is 0 Å². The van der Waals surface area contributed by atoms with Crippen molar-refractivity contribution in [3.63, 3.8) is 0 Å². The van der Waals surface area contributed by atoms with Gasteiger partial charge in [-0.25, -0.2) is 4.98 Å². The second-order valence-electron chi connectivity index (χ2n) is 4.31. The lowest BCUT2D eigenvalue weighted by Gasteiger charge is -2.07. The largest absolute Gasteiger partial charge is 0.399 e. The van der Waals surface area contributed by atoms with Crippen molar-refractivity contribution in [2.75, 3.05) is 11.1 Å². The second kappa shape index (κ2) is 4.90. The normalized spacial score (nSPS) is 10.6. The Morgan fingerprint density at radius 3 is 2.58 bits per heavy atom. The van der Waals surface area contributed by atoms with Gasteiger partial charge >= 0.3 is 0 Å². The van der Waals surface area contributed by atoms with Gasteiger partial charge in [0.05, 0.1) is 0 Å². The fourth-order valence-electron chi connectivity index (χ4n) is 1.96. The summed E-state index contributed by atoms with van der Waals surface area (Å²) < 4.78 is 1.08. The molecule has 0 aliphatic heterocycles. The molecule has 3 nitrogen and oxygen atoms in total. The summed E-state index contributed by atoms with van der Waals surface area (Å²) in [6.07, 6.45) is 1.69. The third-order valence-corrected chi connectivity index (χ3v) is 3.35. The van der Waals surface area contributed by atoms with E-state index >= 15 is 0 Å². The number of rotatable bonds is 2. The van der Waals surface area contributed by atoms with Gasteiger partial charge < -0.3 is 11.1 Å². The van der Waals surface area contributed by atoms with Gasteiger partial charge in [-0.15, -0.1) is 0 Å². The zero-order chi connectivity index (χ0) is 13.2. The maximum atomic E-state index is 5.73. The lowest BCUT2D eigenvalue weighted by molar-refractivity contribution is 1.31. The first-order valence-electron chi connectivity index (χ1n) is 5.88. The highest BCUT2D eigenvalue weighted by Gasteiger charge is 1.99. The molecule has 0 saturated heterocycles. The number of benzene rings is 2.